The summed E-state index contributed by atoms with van der Waals surface area (Å²) in [5, 5.41) is 9.81. The number of rotatable bonds is 5. The molecule has 0 fully saturated rings. The zero-order valence-corrected chi connectivity index (χ0v) is 11.0. The van der Waals surface area contributed by atoms with E-state index >= 15 is 0 Å². The third-order valence-electron chi connectivity index (χ3n) is 2.52. The number of hydrogen-bond donors (Lipinski definition) is 2. The van der Waals surface area contributed by atoms with Crippen LogP contribution in [0.3, 0.4) is 0 Å². The highest BCUT2D eigenvalue weighted by atomic mass is 35.5. The molecule has 0 saturated heterocycles. The van der Waals surface area contributed by atoms with Crippen molar-refractivity contribution in [3.8, 4) is 5.75 Å². The van der Waals surface area contributed by atoms with Gasteiger partial charge in [0.1, 0.15) is 5.75 Å². The number of aliphatic hydroxyl groups is 1. The van der Waals surface area contributed by atoms with Crippen molar-refractivity contribution in [3.05, 3.63) is 29.8 Å². The molecule has 0 aliphatic rings. The van der Waals surface area contributed by atoms with Gasteiger partial charge in [-0.3, -0.25) is 0 Å². The Bertz CT molecular complexity index is 364. The molecule has 0 amide bonds. The second-order valence-corrected chi connectivity index (χ2v) is 4.21. The van der Waals surface area contributed by atoms with Crippen LogP contribution in [0.15, 0.2) is 24.3 Å². The van der Waals surface area contributed by atoms with Gasteiger partial charge in [0.05, 0.1) is 12.1 Å². The highest BCUT2D eigenvalue weighted by Gasteiger charge is 2.20. The van der Waals surface area contributed by atoms with Crippen LogP contribution in [-0.2, 0) is 0 Å². The molecule has 0 radical (unpaired) electrons. The maximum Gasteiger partial charge on any atom is 0.387 e. The Morgan fingerprint density at radius 3 is 2.39 bits per heavy atom. The summed E-state index contributed by atoms with van der Waals surface area (Å²) >= 11 is 0. The average Bonchev–Trinajstić information content (AvgIpc) is 2.26. The topological polar surface area (TPSA) is 55.5 Å². The van der Waals surface area contributed by atoms with Crippen molar-refractivity contribution < 1.29 is 18.6 Å². The molecular formula is C12H18ClF2NO2. The summed E-state index contributed by atoms with van der Waals surface area (Å²) in [5.41, 5.74) is 6.42. The maximum absolute atomic E-state index is 12.0. The molecule has 0 saturated carbocycles. The van der Waals surface area contributed by atoms with Crippen molar-refractivity contribution in [2.45, 2.75) is 32.6 Å². The minimum absolute atomic E-state index is 0. The molecule has 0 unspecified atom stereocenters. The minimum Gasteiger partial charge on any atom is -0.435 e. The predicted octanol–water partition coefficient (Wildman–Crippen LogP) is 2.73. The minimum atomic E-state index is -2.86. The number of nitrogens with two attached hydrogens (primary N) is 1. The van der Waals surface area contributed by atoms with Crippen LogP contribution in [0.5, 0.6) is 5.75 Å². The number of benzene rings is 1. The van der Waals surface area contributed by atoms with Gasteiger partial charge in [-0.05, 0) is 23.6 Å². The predicted molar refractivity (Wildman–Crippen MR) is 68.1 cm³/mol. The Balaban J connectivity index is 0.00000289. The maximum atomic E-state index is 12.0. The van der Waals surface area contributed by atoms with Gasteiger partial charge in [0, 0.05) is 0 Å². The lowest BCUT2D eigenvalue weighted by atomic mass is 9.94. The molecule has 6 heteroatoms. The number of halogens is 3. The number of aliphatic hydroxyl groups excluding tert-OH is 1. The fraction of sp³-hybridized carbons (Fsp3) is 0.500. The number of alkyl halides is 2. The molecule has 0 aromatic heterocycles. The van der Waals surface area contributed by atoms with E-state index in [1.54, 1.807) is 12.1 Å². The molecule has 104 valence electrons. The van der Waals surface area contributed by atoms with Crippen molar-refractivity contribution in [2.24, 2.45) is 11.7 Å². The molecule has 1 rings (SSSR count). The van der Waals surface area contributed by atoms with Gasteiger partial charge in [0.2, 0.25) is 0 Å². The third kappa shape index (κ3) is 4.76. The summed E-state index contributed by atoms with van der Waals surface area (Å²) in [7, 11) is 0. The van der Waals surface area contributed by atoms with Crippen molar-refractivity contribution >= 4 is 12.4 Å². The lowest BCUT2D eigenvalue weighted by Gasteiger charge is -2.22. The van der Waals surface area contributed by atoms with Crippen LogP contribution in [-0.4, -0.2) is 17.8 Å². The summed E-state index contributed by atoms with van der Waals surface area (Å²) in [6, 6.07) is 5.47. The van der Waals surface area contributed by atoms with Gasteiger partial charge in [-0.1, -0.05) is 26.0 Å². The largest absolute Gasteiger partial charge is 0.435 e. The zero-order chi connectivity index (χ0) is 13.0. The normalized spacial score (nSPS) is 14.2. The van der Waals surface area contributed by atoms with E-state index in [9.17, 15) is 13.9 Å². The Kier molecular flexibility index (Phi) is 7.13. The molecule has 18 heavy (non-hydrogen) atoms. The van der Waals surface area contributed by atoms with E-state index in [0.717, 1.165) is 0 Å². The lowest BCUT2D eigenvalue weighted by Crippen LogP contribution is -2.30. The standard InChI is InChI=1S/C12H17F2NO2.ClH/c1-7(2)11(16)10(15)8-4-3-5-9(6-8)17-12(13)14;/h3-7,10-12,16H,15H2,1-2H3;1H/t10-,11+;/m0./s1. The van der Waals surface area contributed by atoms with Crippen molar-refractivity contribution in [3.63, 3.8) is 0 Å². The quantitative estimate of drug-likeness (QED) is 0.872. The second kappa shape index (κ2) is 7.51. The fourth-order valence-electron chi connectivity index (χ4n) is 1.51. The molecule has 3 nitrogen and oxygen atoms in total. The van der Waals surface area contributed by atoms with E-state index in [1.165, 1.54) is 12.1 Å². The van der Waals surface area contributed by atoms with Gasteiger partial charge in [0.15, 0.2) is 0 Å². The first-order chi connectivity index (χ1) is 7.91. The van der Waals surface area contributed by atoms with E-state index in [4.69, 9.17) is 5.73 Å². The highest BCUT2D eigenvalue weighted by molar-refractivity contribution is 5.85. The van der Waals surface area contributed by atoms with Gasteiger partial charge in [-0.15, -0.1) is 12.4 Å². The molecule has 1 aromatic rings. The Hall–Kier alpha value is -0.910. The van der Waals surface area contributed by atoms with Crippen LogP contribution in [0.4, 0.5) is 8.78 Å². The SMILES string of the molecule is CC(C)[C@@H](O)[C@@H](N)c1cccc(OC(F)F)c1.Cl. The summed E-state index contributed by atoms with van der Waals surface area (Å²) in [6.07, 6.45) is -0.725. The van der Waals surface area contributed by atoms with E-state index in [-0.39, 0.29) is 24.1 Å². The first kappa shape index (κ1) is 17.1. The van der Waals surface area contributed by atoms with Crippen LogP contribution in [0.25, 0.3) is 0 Å². The Morgan fingerprint density at radius 1 is 1.28 bits per heavy atom. The molecule has 0 aliphatic carbocycles. The summed E-state index contributed by atoms with van der Waals surface area (Å²) < 4.78 is 28.3. The Labute approximate surface area is 111 Å². The van der Waals surface area contributed by atoms with Crippen molar-refractivity contribution in [1.82, 2.24) is 0 Å². The summed E-state index contributed by atoms with van der Waals surface area (Å²) in [6.45, 7) is 0.810. The van der Waals surface area contributed by atoms with Crippen LogP contribution < -0.4 is 10.5 Å². The van der Waals surface area contributed by atoms with E-state index in [1.807, 2.05) is 13.8 Å². The van der Waals surface area contributed by atoms with Gasteiger partial charge < -0.3 is 15.6 Å². The molecule has 3 N–H and O–H groups in total. The zero-order valence-electron chi connectivity index (χ0n) is 10.2. The van der Waals surface area contributed by atoms with Crippen LogP contribution in [0, 0.1) is 5.92 Å². The van der Waals surface area contributed by atoms with Crippen molar-refractivity contribution in [2.75, 3.05) is 0 Å². The molecule has 0 spiro atoms. The molecule has 1 aromatic carbocycles. The van der Waals surface area contributed by atoms with Gasteiger partial charge in [-0.2, -0.15) is 8.78 Å². The first-order valence-corrected chi connectivity index (χ1v) is 5.40. The lowest BCUT2D eigenvalue weighted by molar-refractivity contribution is -0.0499. The highest BCUT2D eigenvalue weighted by Crippen LogP contribution is 2.24. The monoisotopic (exact) mass is 281 g/mol. The summed E-state index contributed by atoms with van der Waals surface area (Å²) in [4.78, 5) is 0. The third-order valence-corrected chi connectivity index (χ3v) is 2.52. The first-order valence-electron chi connectivity index (χ1n) is 5.40. The number of ether oxygens (including phenoxy) is 1. The van der Waals surface area contributed by atoms with Crippen LogP contribution in [0.2, 0.25) is 0 Å². The molecule has 0 aliphatic heterocycles. The number of hydrogen-bond acceptors (Lipinski definition) is 3. The van der Waals surface area contributed by atoms with Gasteiger partial charge in [-0.25, -0.2) is 0 Å². The molecule has 0 heterocycles. The van der Waals surface area contributed by atoms with Crippen molar-refractivity contribution in [1.29, 1.82) is 0 Å². The van der Waals surface area contributed by atoms with E-state index in [0.29, 0.717) is 5.56 Å². The smallest absolute Gasteiger partial charge is 0.387 e. The van der Waals surface area contributed by atoms with Gasteiger partial charge in [0.25, 0.3) is 0 Å². The Morgan fingerprint density at radius 2 is 1.89 bits per heavy atom. The fourth-order valence-corrected chi connectivity index (χ4v) is 1.51. The second-order valence-electron chi connectivity index (χ2n) is 4.21. The molecule has 2 atom stereocenters. The van der Waals surface area contributed by atoms with Crippen LogP contribution in [0.1, 0.15) is 25.5 Å². The average molecular weight is 282 g/mol. The summed E-state index contributed by atoms with van der Waals surface area (Å²) in [5.74, 6) is 0.0357. The molecule has 0 bridgehead atoms. The van der Waals surface area contributed by atoms with Crippen LogP contribution >= 0.6 is 12.4 Å². The molecular weight excluding hydrogens is 264 g/mol. The van der Waals surface area contributed by atoms with Gasteiger partial charge >= 0.3 is 6.61 Å². The van der Waals surface area contributed by atoms with E-state index in [2.05, 4.69) is 4.74 Å². The van der Waals surface area contributed by atoms with E-state index < -0.39 is 18.8 Å².